The lowest BCUT2D eigenvalue weighted by Crippen LogP contribution is -2.29. The molecule has 1 saturated heterocycles. The number of hydrogen-bond acceptors (Lipinski definition) is 5. The zero-order valence-electron chi connectivity index (χ0n) is 24.0. The molecule has 1 amide bonds. The molecule has 1 atom stereocenters. The van der Waals surface area contributed by atoms with Gasteiger partial charge in [-0.3, -0.25) is 14.5 Å². The maximum atomic E-state index is 13.7. The molecule has 4 rings (SSSR count). The highest BCUT2D eigenvalue weighted by atomic mass is 16.5. The molecule has 39 heavy (non-hydrogen) atoms. The molecule has 0 aromatic heterocycles. The van der Waals surface area contributed by atoms with E-state index in [4.69, 9.17) is 9.47 Å². The first-order chi connectivity index (χ1) is 18.3. The number of carbonyl (C=O) groups excluding carboxylic acids is 2. The Morgan fingerprint density at radius 2 is 1.41 bits per heavy atom. The van der Waals surface area contributed by atoms with E-state index in [2.05, 4.69) is 41.5 Å². The van der Waals surface area contributed by atoms with Crippen LogP contribution in [-0.4, -0.2) is 31.0 Å². The summed E-state index contributed by atoms with van der Waals surface area (Å²) in [6.07, 6.45) is 0. The fraction of sp³-hybridized carbons (Fsp3) is 0.333. The predicted molar refractivity (Wildman–Crippen MR) is 155 cm³/mol. The maximum Gasteiger partial charge on any atom is 0.300 e. The van der Waals surface area contributed by atoms with Crippen LogP contribution in [0.5, 0.6) is 11.5 Å². The van der Waals surface area contributed by atoms with Crippen LogP contribution in [-0.2, 0) is 20.4 Å². The van der Waals surface area contributed by atoms with Gasteiger partial charge in [-0.05, 0) is 63.9 Å². The minimum Gasteiger partial charge on any atom is -0.507 e. The van der Waals surface area contributed by atoms with Gasteiger partial charge >= 0.3 is 0 Å². The number of methoxy groups -OCH3 is 2. The van der Waals surface area contributed by atoms with Crippen LogP contribution >= 0.6 is 0 Å². The van der Waals surface area contributed by atoms with Gasteiger partial charge in [0.1, 0.15) is 17.3 Å². The molecule has 3 aromatic rings. The van der Waals surface area contributed by atoms with Gasteiger partial charge in [0.05, 0.1) is 31.4 Å². The van der Waals surface area contributed by atoms with Crippen LogP contribution in [0.15, 0.2) is 72.3 Å². The Labute approximate surface area is 230 Å². The second kappa shape index (κ2) is 10.3. The molecule has 1 unspecified atom stereocenters. The molecule has 1 heterocycles. The topological polar surface area (TPSA) is 76.1 Å². The first-order valence-corrected chi connectivity index (χ1v) is 13.0. The second-order valence-corrected chi connectivity index (χ2v) is 11.9. The van der Waals surface area contributed by atoms with Crippen LogP contribution in [0.25, 0.3) is 5.76 Å². The van der Waals surface area contributed by atoms with Crippen molar-refractivity contribution >= 4 is 23.1 Å². The summed E-state index contributed by atoms with van der Waals surface area (Å²) in [5, 5.41) is 11.8. The van der Waals surface area contributed by atoms with E-state index in [-0.39, 0.29) is 22.2 Å². The highest BCUT2D eigenvalue weighted by Gasteiger charge is 2.47. The molecule has 0 radical (unpaired) electrons. The fourth-order valence-electron chi connectivity index (χ4n) is 4.85. The van der Waals surface area contributed by atoms with Gasteiger partial charge in [0.2, 0.25) is 0 Å². The number of anilines is 1. The van der Waals surface area contributed by atoms with E-state index < -0.39 is 17.7 Å². The van der Waals surface area contributed by atoms with Crippen molar-refractivity contribution < 1.29 is 24.2 Å². The Morgan fingerprint density at radius 1 is 0.795 bits per heavy atom. The van der Waals surface area contributed by atoms with E-state index in [1.165, 1.54) is 12.0 Å². The summed E-state index contributed by atoms with van der Waals surface area (Å²) in [6, 6.07) is 19.5. The number of benzene rings is 3. The molecule has 1 N–H and O–H groups in total. The third-order valence-corrected chi connectivity index (χ3v) is 7.19. The minimum atomic E-state index is -0.872. The highest BCUT2D eigenvalue weighted by molar-refractivity contribution is 6.51. The number of ketones is 1. The summed E-state index contributed by atoms with van der Waals surface area (Å²) in [4.78, 5) is 28.7. The third kappa shape index (κ3) is 5.29. The number of aliphatic hydroxyl groups excluding tert-OH is 1. The van der Waals surface area contributed by atoms with E-state index in [9.17, 15) is 14.7 Å². The minimum absolute atomic E-state index is 0.00231. The molecule has 0 bridgehead atoms. The average molecular weight is 528 g/mol. The number of hydrogen-bond donors (Lipinski definition) is 1. The molecule has 1 aliphatic heterocycles. The molecule has 3 aromatic carbocycles. The van der Waals surface area contributed by atoms with Crippen LogP contribution in [0.2, 0.25) is 0 Å². The first kappa shape index (κ1) is 28.0. The molecule has 6 nitrogen and oxygen atoms in total. The molecule has 0 saturated carbocycles. The van der Waals surface area contributed by atoms with E-state index >= 15 is 0 Å². The van der Waals surface area contributed by atoms with Gasteiger partial charge in [0.25, 0.3) is 11.7 Å². The van der Waals surface area contributed by atoms with Crippen molar-refractivity contribution in [1.82, 2.24) is 0 Å². The summed E-state index contributed by atoms with van der Waals surface area (Å²) >= 11 is 0. The maximum absolute atomic E-state index is 13.7. The van der Waals surface area contributed by atoms with Crippen molar-refractivity contribution in [2.45, 2.75) is 58.4 Å². The lowest BCUT2D eigenvalue weighted by Gasteiger charge is -2.27. The molecular weight excluding hydrogens is 490 g/mol. The molecule has 1 fully saturated rings. The van der Waals surface area contributed by atoms with Gasteiger partial charge in [0, 0.05) is 5.69 Å². The fourth-order valence-corrected chi connectivity index (χ4v) is 4.85. The predicted octanol–water partition coefficient (Wildman–Crippen LogP) is 6.93. The Kier molecular flexibility index (Phi) is 7.35. The quantitative estimate of drug-likeness (QED) is 0.221. The lowest BCUT2D eigenvalue weighted by molar-refractivity contribution is -0.132. The first-order valence-electron chi connectivity index (χ1n) is 13.0. The van der Waals surface area contributed by atoms with Crippen LogP contribution in [0.4, 0.5) is 5.69 Å². The number of ether oxygens (including phenoxy) is 2. The smallest absolute Gasteiger partial charge is 0.300 e. The second-order valence-electron chi connectivity index (χ2n) is 11.9. The molecular formula is C33H37NO5. The third-order valence-electron chi connectivity index (χ3n) is 7.19. The highest BCUT2D eigenvalue weighted by Crippen LogP contribution is 2.44. The Hall–Kier alpha value is -4.06. The molecule has 0 spiro atoms. The average Bonchev–Trinajstić information content (AvgIpc) is 3.17. The Morgan fingerprint density at radius 3 is 1.97 bits per heavy atom. The SMILES string of the molecule is COc1cccc(C2/C(=C(\O)c3cc(C(C)(C)C)ccc3OC)C(=O)C(=O)N2c2ccc(C(C)(C)C)cc2)c1. The van der Waals surface area contributed by atoms with E-state index in [0.29, 0.717) is 28.3 Å². The number of carbonyl (C=O) groups is 2. The van der Waals surface area contributed by atoms with Crippen molar-refractivity contribution in [3.8, 4) is 11.5 Å². The van der Waals surface area contributed by atoms with E-state index in [1.807, 2.05) is 42.5 Å². The standard InChI is InChI=1S/C33H37NO5/c1-32(2,3)21-12-15-23(16-13-21)34-28(20-10-9-11-24(18-20)38-7)27(30(36)31(34)37)29(35)25-19-22(33(4,5)6)14-17-26(25)39-8/h9-19,28,35H,1-8H3/b29-27+. The number of Topliss-reactive ketones (excluding diaryl/α,β-unsaturated/α-hetero) is 1. The largest absolute Gasteiger partial charge is 0.507 e. The summed E-state index contributed by atoms with van der Waals surface area (Å²) in [5.41, 5.74) is 3.33. The lowest BCUT2D eigenvalue weighted by atomic mass is 9.85. The summed E-state index contributed by atoms with van der Waals surface area (Å²) in [6.45, 7) is 12.5. The molecule has 204 valence electrons. The van der Waals surface area contributed by atoms with Gasteiger partial charge in [0.15, 0.2) is 0 Å². The van der Waals surface area contributed by atoms with Crippen LogP contribution in [0.1, 0.15) is 69.8 Å². The van der Waals surface area contributed by atoms with E-state index in [0.717, 1.165) is 11.1 Å². The Bertz CT molecular complexity index is 1440. The molecule has 0 aliphatic carbocycles. The normalized spacial score (nSPS) is 17.4. The monoisotopic (exact) mass is 527 g/mol. The summed E-state index contributed by atoms with van der Waals surface area (Å²) in [5.74, 6) is -0.765. The number of aliphatic hydroxyl groups is 1. The van der Waals surface area contributed by atoms with Crippen molar-refractivity contribution in [3.05, 3.63) is 94.6 Å². The van der Waals surface area contributed by atoms with Gasteiger partial charge in [-0.2, -0.15) is 0 Å². The van der Waals surface area contributed by atoms with Gasteiger partial charge < -0.3 is 14.6 Å². The van der Waals surface area contributed by atoms with Crippen LogP contribution < -0.4 is 14.4 Å². The van der Waals surface area contributed by atoms with Crippen LogP contribution in [0, 0.1) is 0 Å². The number of amides is 1. The van der Waals surface area contributed by atoms with Crippen molar-refractivity contribution in [2.75, 3.05) is 19.1 Å². The zero-order chi connectivity index (χ0) is 28.7. The van der Waals surface area contributed by atoms with E-state index in [1.54, 1.807) is 31.4 Å². The van der Waals surface area contributed by atoms with Crippen LogP contribution in [0.3, 0.4) is 0 Å². The van der Waals surface area contributed by atoms with Crippen molar-refractivity contribution in [2.24, 2.45) is 0 Å². The molecule has 1 aliphatic rings. The zero-order valence-corrected chi connectivity index (χ0v) is 24.0. The Balaban J connectivity index is 1.98. The van der Waals surface area contributed by atoms with Gasteiger partial charge in [-0.25, -0.2) is 0 Å². The number of rotatable bonds is 5. The van der Waals surface area contributed by atoms with Gasteiger partial charge in [-0.15, -0.1) is 0 Å². The van der Waals surface area contributed by atoms with Crippen molar-refractivity contribution in [1.29, 1.82) is 0 Å². The summed E-state index contributed by atoms with van der Waals surface area (Å²) < 4.78 is 11.0. The number of nitrogens with zero attached hydrogens (tertiary/aromatic N) is 1. The van der Waals surface area contributed by atoms with Gasteiger partial charge in [-0.1, -0.05) is 71.9 Å². The summed E-state index contributed by atoms with van der Waals surface area (Å²) in [7, 11) is 3.07. The van der Waals surface area contributed by atoms with Crippen molar-refractivity contribution in [3.63, 3.8) is 0 Å². The molecule has 6 heteroatoms.